The molecule has 0 radical (unpaired) electrons. The number of hydrogen-bond acceptors (Lipinski definition) is 10. The number of carbonyl (C=O) groups is 4. The molecule has 0 heterocycles. The number of carbonyl (C=O) groups excluding carboxylic acids is 4. The summed E-state index contributed by atoms with van der Waals surface area (Å²) in [6, 6.07) is 0. The molecule has 0 fully saturated rings. The largest absolute Gasteiger partial charge is 0.355 e. The average Bonchev–Trinajstić information content (AvgIpc) is 3.20. The first kappa shape index (κ1) is 57.9. The van der Waals surface area contributed by atoms with Gasteiger partial charge in [0.15, 0.2) is 0 Å². The van der Waals surface area contributed by atoms with Gasteiger partial charge in [-0.05, 0) is 79.1 Å². The van der Waals surface area contributed by atoms with Crippen LogP contribution in [0.1, 0.15) is 262 Å². The molecule has 0 aromatic rings. The van der Waals surface area contributed by atoms with E-state index in [-0.39, 0.29) is 23.8 Å². The summed E-state index contributed by atoms with van der Waals surface area (Å²) in [5.41, 5.74) is -1.34. The van der Waals surface area contributed by atoms with E-state index in [0.29, 0.717) is 25.7 Å². The highest BCUT2D eigenvalue weighted by Crippen LogP contribution is 2.27. The molecule has 58 heavy (non-hydrogen) atoms. The Labute approximate surface area is 356 Å². The van der Waals surface area contributed by atoms with E-state index in [2.05, 4.69) is 37.5 Å². The van der Waals surface area contributed by atoms with E-state index in [1.807, 2.05) is 41.5 Å². The van der Waals surface area contributed by atoms with Gasteiger partial charge >= 0.3 is 23.9 Å². The van der Waals surface area contributed by atoms with Crippen LogP contribution in [0.25, 0.3) is 0 Å². The van der Waals surface area contributed by atoms with Crippen molar-refractivity contribution < 1.29 is 48.5 Å². The minimum Gasteiger partial charge on any atom is -0.298 e. The zero-order valence-corrected chi connectivity index (χ0v) is 39.5. The van der Waals surface area contributed by atoms with E-state index in [9.17, 15) is 19.2 Å². The smallest absolute Gasteiger partial charge is 0.298 e. The lowest BCUT2D eigenvalue weighted by atomic mass is 9.94. The molecule has 0 rings (SSSR count). The molecule has 0 saturated heterocycles. The van der Waals surface area contributed by atoms with Gasteiger partial charge in [-0.1, -0.05) is 170 Å². The van der Waals surface area contributed by atoms with E-state index in [4.69, 9.17) is 19.6 Å². The first-order chi connectivity index (χ1) is 27.7. The van der Waals surface area contributed by atoms with Gasteiger partial charge in [-0.25, -0.2) is 29.0 Å². The molecule has 0 aliphatic rings. The summed E-state index contributed by atoms with van der Waals surface area (Å²) in [4.78, 5) is 78.1. The molecule has 0 aromatic heterocycles. The van der Waals surface area contributed by atoms with E-state index >= 15 is 0 Å². The molecule has 0 saturated carbocycles. The van der Waals surface area contributed by atoms with Crippen LogP contribution in [0, 0.1) is 11.8 Å². The quantitative estimate of drug-likeness (QED) is 0.0339. The zero-order valence-electron chi connectivity index (χ0n) is 39.5. The second-order valence-corrected chi connectivity index (χ2v) is 17.6. The Bertz CT molecular complexity index is 917. The van der Waals surface area contributed by atoms with Gasteiger partial charge < -0.3 is 0 Å². The van der Waals surface area contributed by atoms with Gasteiger partial charge in [-0.3, -0.25) is 9.78 Å². The summed E-state index contributed by atoms with van der Waals surface area (Å²) >= 11 is 0. The van der Waals surface area contributed by atoms with Crippen molar-refractivity contribution in [2.75, 3.05) is 0 Å². The number of unbranched alkanes of at least 4 members (excludes halogenated alkanes) is 18. The fraction of sp³-hybridized carbons (Fsp3) is 0.917. The van der Waals surface area contributed by atoms with Crippen molar-refractivity contribution in [1.82, 2.24) is 0 Å². The van der Waals surface area contributed by atoms with Crippen molar-refractivity contribution in [3.8, 4) is 0 Å². The standard InChI is InChI=1S/C24H46O6.C24H46O4/c1-9-13-15-19(11-3)21(25)27-29-23(5,6)17-18-24(7,8)30-28-22(26)20(12-4)16-14-10-2;1-3-5-7-9-11-13-15-17-19-21-23(25)27-28-24(26)22-20-18-16-14-12-10-8-6-4-2/h19-20H,9-18H2,1-8H3;3-22H2,1-2H3. The molecule has 0 N–H and O–H groups in total. The molecular weight excluding hydrogens is 737 g/mol. The van der Waals surface area contributed by atoms with Crippen LogP contribution in [0.5, 0.6) is 0 Å². The highest BCUT2D eigenvalue weighted by molar-refractivity contribution is 5.73. The molecule has 344 valence electrons. The summed E-state index contributed by atoms with van der Waals surface area (Å²) in [6.45, 7) is 20.1. The SMILES string of the molecule is CCCCC(CC)C(=O)OOC(C)(C)CCC(C)(C)OOC(=O)C(CC)CCCC.CCCCCCCCCCCC(=O)OOC(=O)CCCCCCCCCCC. The summed E-state index contributed by atoms with van der Waals surface area (Å²) in [7, 11) is 0. The molecule has 2 atom stereocenters. The lowest BCUT2D eigenvalue weighted by molar-refractivity contribution is -0.343. The monoisotopic (exact) mass is 829 g/mol. The summed E-state index contributed by atoms with van der Waals surface area (Å²) in [5.74, 6) is -1.72. The van der Waals surface area contributed by atoms with Crippen molar-refractivity contribution in [2.24, 2.45) is 11.8 Å². The normalized spacial score (nSPS) is 12.6. The van der Waals surface area contributed by atoms with Gasteiger partial charge in [0, 0.05) is 0 Å². The molecule has 0 aliphatic carbocycles. The Morgan fingerprint density at radius 2 is 0.655 bits per heavy atom. The van der Waals surface area contributed by atoms with Gasteiger partial charge in [0.2, 0.25) is 0 Å². The van der Waals surface area contributed by atoms with Gasteiger partial charge in [-0.2, -0.15) is 9.78 Å². The predicted octanol–water partition coefficient (Wildman–Crippen LogP) is 14.5. The number of rotatable bonds is 37. The second kappa shape index (κ2) is 39.0. The van der Waals surface area contributed by atoms with Crippen LogP contribution in [0.15, 0.2) is 0 Å². The van der Waals surface area contributed by atoms with Crippen LogP contribution >= 0.6 is 0 Å². The van der Waals surface area contributed by atoms with Crippen molar-refractivity contribution in [3.05, 3.63) is 0 Å². The van der Waals surface area contributed by atoms with Gasteiger partial charge in [0.05, 0.1) is 24.7 Å². The Morgan fingerprint density at radius 3 is 0.931 bits per heavy atom. The van der Waals surface area contributed by atoms with Crippen LogP contribution < -0.4 is 0 Å². The van der Waals surface area contributed by atoms with Crippen molar-refractivity contribution >= 4 is 23.9 Å². The Balaban J connectivity index is 0. The Morgan fingerprint density at radius 1 is 0.379 bits per heavy atom. The Hall–Kier alpha value is -2.20. The van der Waals surface area contributed by atoms with Crippen LogP contribution in [0.2, 0.25) is 0 Å². The molecule has 10 nitrogen and oxygen atoms in total. The molecule has 2 unspecified atom stereocenters. The van der Waals surface area contributed by atoms with E-state index < -0.39 is 23.1 Å². The molecule has 10 heteroatoms. The third-order valence-corrected chi connectivity index (χ3v) is 10.7. The molecular formula is C48H92O10. The maximum Gasteiger partial charge on any atom is 0.355 e. The molecule has 0 aromatic carbocycles. The van der Waals surface area contributed by atoms with Crippen molar-refractivity contribution in [3.63, 3.8) is 0 Å². The van der Waals surface area contributed by atoms with Crippen LogP contribution in [-0.4, -0.2) is 35.1 Å². The predicted molar refractivity (Wildman–Crippen MR) is 234 cm³/mol. The maximum atomic E-state index is 12.2. The topological polar surface area (TPSA) is 124 Å². The van der Waals surface area contributed by atoms with Crippen LogP contribution in [-0.2, 0) is 48.5 Å². The highest BCUT2D eigenvalue weighted by atomic mass is 17.2. The first-order valence-electron chi connectivity index (χ1n) is 23.9. The molecule has 0 spiro atoms. The van der Waals surface area contributed by atoms with E-state index in [1.165, 1.54) is 77.0 Å². The fourth-order valence-corrected chi connectivity index (χ4v) is 6.34. The molecule has 0 amide bonds. The Kier molecular flexibility index (Phi) is 38.9. The highest BCUT2D eigenvalue weighted by Gasteiger charge is 2.31. The second-order valence-electron chi connectivity index (χ2n) is 17.6. The fourth-order valence-electron chi connectivity index (χ4n) is 6.34. The van der Waals surface area contributed by atoms with Gasteiger partial charge in [0.25, 0.3) is 0 Å². The zero-order chi connectivity index (χ0) is 43.9. The lowest BCUT2D eigenvalue weighted by Gasteiger charge is -2.29. The molecule has 0 bridgehead atoms. The minimum absolute atomic E-state index is 0.126. The van der Waals surface area contributed by atoms with Crippen LogP contribution in [0.4, 0.5) is 0 Å². The summed E-state index contributed by atoms with van der Waals surface area (Å²) < 4.78 is 0. The third kappa shape index (κ3) is 36.8. The van der Waals surface area contributed by atoms with Crippen molar-refractivity contribution in [1.29, 1.82) is 0 Å². The van der Waals surface area contributed by atoms with Crippen molar-refractivity contribution in [2.45, 2.75) is 273 Å². The number of hydrogen-bond donors (Lipinski definition) is 0. The van der Waals surface area contributed by atoms with E-state index in [1.54, 1.807) is 0 Å². The molecule has 0 aliphatic heterocycles. The van der Waals surface area contributed by atoms with E-state index in [0.717, 1.165) is 89.9 Å². The third-order valence-electron chi connectivity index (χ3n) is 10.7. The average molecular weight is 829 g/mol. The summed E-state index contributed by atoms with van der Waals surface area (Å²) in [5, 5.41) is 0. The van der Waals surface area contributed by atoms with Crippen LogP contribution in [0.3, 0.4) is 0 Å². The first-order valence-corrected chi connectivity index (χ1v) is 23.9. The minimum atomic E-state index is -0.670. The van der Waals surface area contributed by atoms with Gasteiger partial charge in [-0.15, -0.1) is 0 Å². The summed E-state index contributed by atoms with van der Waals surface area (Å²) in [6.07, 6.45) is 30.7. The maximum absolute atomic E-state index is 12.2. The lowest BCUT2D eigenvalue weighted by Crippen LogP contribution is -2.34. The van der Waals surface area contributed by atoms with Gasteiger partial charge in [0.1, 0.15) is 11.2 Å².